The number of nitrogens with zero attached hydrogens (tertiary/aromatic N) is 3. The van der Waals surface area contributed by atoms with Crippen molar-refractivity contribution in [3.8, 4) is 0 Å². The molecule has 0 aromatic carbocycles. The minimum absolute atomic E-state index is 0.0352. The maximum Gasteiger partial charge on any atom is 0.232 e. The van der Waals surface area contributed by atoms with E-state index in [9.17, 15) is 9.59 Å². The average Bonchev–Trinajstić information content (AvgIpc) is 2.69. The van der Waals surface area contributed by atoms with Gasteiger partial charge in [0.25, 0.3) is 0 Å². The molecule has 0 aliphatic carbocycles. The number of thioether (sulfide) groups is 1. The van der Waals surface area contributed by atoms with Gasteiger partial charge in [0.1, 0.15) is 0 Å². The fourth-order valence-corrected chi connectivity index (χ4v) is 2.54. The van der Waals surface area contributed by atoms with Crippen LogP contribution in [0.3, 0.4) is 0 Å². The molecule has 0 saturated carbocycles. The highest BCUT2D eigenvalue weighted by molar-refractivity contribution is 8.13. The first-order valence-electron chi connectivity index (χ1n) is 5.78. The summed E-state index contributed by atoms with van der Waals surface area (Å²) in [6.07, 6.45) is 3.87. The van der Waals surface area contributed by atoms with E-state index in [4.69, 9.17) is 0 Å². The number of anilines is 1. The van der Waals surface area contributed by atoms with Crippen molar-refractivity contribution >= 4 is 28.7 Å². The van der Waals surface area contributed by atoms with Crippen LogP contribution in [0.4, 0.5) is 5.95 Å². The van der Waals surface area contributed by atoms with Crippen molar-refractivity contribution in [3.05, 3.63) is 18.0 Å². The smallest absolute Gasteiger partial charge is 0.232 e. The number of carbonyl (C=O) groups is 2. The van der Waals surface area contributed by atoms with E-state index in [1.54, 1.807) is 24.2 Å². The zero-order valence-corrected chi connectivity index (χ0v) is 11.2. The van der Waals surface area contributed by atoms with Crippen molar-refractivity contribution < 1.29 is 9.59 Å². The van der Waals surface area contributed by atoms with E-state index in [1.165, 1.54) is 11.8 Å². The Balaban J connectivity index is 2.00. The van der Waals surface area contributed by atoms with Crippen molar-refractivity contribution in [3.63, 3.8) is 0 Å². The largest absolute Gasteiger partial charge is 0.288 e. The summed E-state index contributed by atoms with van der Waals surface area (Å²) >= 11 is 1.27. The second-order valence-corrected chi connectivity index (χ2v) is 5.63. The van der Waals surface area contributed by atoms with E-state index in [1.807, 2.05) is 6.92 Å². The molecule has 1 atom stereocenters. The molecule has 1 aromatic heterocycles. The Morgan fingerprint density at radius 2 is 2.17 bits per heavy atom. The Bertz CT molecular complexity index is 461. The zero-order valence-electron chi connectivity index (χ0n) is 10.4. The van der Waals surface area contributed by atoms with Crippen LogP contribution in [0, 0.1) is 12.8 Å². The third kappa shape index (κ3) is 3.07. The van der Waals surface area contributed by atoms with Gasteiger partial charge in [0, 0.05) is 38.0 Å². The van der Waals surface area contributed by atoms with Crippen molar-refractivity contribution in [2.24, 2.45) is 5.92 Å². The maximum absolute atomic E-state index is 11.9. The average molecular weight is 265 g/mol. The quantitative estimate of drug-likeness (QED) is 0.827. The molecule has 0 radical (unpaired) electrons. The van der Waals surface area contributed by atoms with Crippen LogP contribution in [0.1, 0.15) is 18.9 Å². The summed E-state index contributed by atoms with van der Waals surface area (Å²) in [7, 11) is 0. The van der Waals surface area contributed by atoms with Gasteiger partial charge in [-0.25, -0.2) is 9.97 Å². The summed E-state index contributed by atoms with van der Waals surface area (Å²) in [4.78, 5) is 32.7. The van der Waals surface area contributed by atoms with Gasteiger partial charge in [-0.3, -0.25) is 14.5 Å². The van der Waals surface area contributed by atoms with Crippen molar-refractivity contribution in [2.45, 2.75) is 20.3 Å². The van der Waals surface area contributed by atoms with Gasteiger partial charge in [0.15, 0.2) is 5.12 Å². The summed E-state index contributed by atoms with van der Waals surface area (Å²) in [5, 5.41) is 0.0903. The van der Waals surface area contributed by atoms with E-state index < -0.39 is 0 Å². The molecule has 0 N–H and O–H groups in total. The highest BCUT2D eigenvalue weighted by atomic mass is 32.2. The molecular formula is C12H15N3O2S. The van der Waals surface area contributed by atoms with Crippen LogP contribution in [0.25, 0.3) is 0 Å². The predicted molar refractivity (Wildman–Crippen MR) is 70.4 cm³/mol. The first kappa shape index (κ1) is 13.0. The van der Waals surface area contributed by atoms with Gasteiger partial charge in [-0.1, -0.05) is 11.8 Å². The summed E-state index contributed by atoms with van der Waals surface area (Å²) in [5.74, 6) is 1.38. The number of hydrogen-bond donors (Lipinski definition) is 0. The minimum atomic E-state index is 0.0352. The second-order valence-electron chi connectivity index (χ2n) is 4.44. The van der Waals surface area contributed by atoms with Gasteiger partial charge >= 0.3 is 0 Å². The molecule has 6 heteroatoms. The monoisotopic (exact) mass is 265 g/mol. The Morgan fingerprint density at radius 3 is 2.78 bits per heavy atom. The van der Waals surface area contributed by atoms with Gasteiger partial charge in [-0.2, -0.15) is 0 Å². The number of hydrogen-bond acceptors (Lipinski definition) is 5. The minimum Gasteiger partial charge on any atom is -0.288 e. The predicted octanol–water partition coefficient (Wildman–Crippen LogP) is 1.42. The summed E-state index contributed by atoms with van der Waals surface area (Å²) in [5.41, 5.74) is 0.967. The topological polar surface area (TPSA) is 63.2 Å². The lowest BCUT2D eigenvalue weighted by atomic mass is 10.1. The number of amides is 1. The molecule has 0 spiro atoms. The Kier molecular flexibility index (Phi) is 3.96. The van der Waals surface area contributed by atoms with Crippen LogP contribution in [0.15, 0.2) is 12.4 Å². The fraction of sp³-hybridized carbons (Fsp3) is 0.500. The van der Waals surface area contributed by atoms with Crippen LogP contribution in [-0.2, 0) is 9.59 Å². The van der Waals surface area contributed by atoms with Gasteiger partial charge in [0.2, 0.25) is 11.9 Å². The Morgan fingerprint density at radius 1 is 1.50 bits per heavy atom. The van der Waals surface area contributed by atoms with Crippen LogP contribution in [0.2, 0.25) is 0 Å². The lowest BCUT2D eigenvalue weighted by Gasteiger charge is -2.13. The van der Waals surface area contributed by atoms with Crippen LogP contribution >= 0.6 is 11.8 Å². The third-order valence-electron chi connectivity index (χ3n) is 2.74. The van der Waals surface area contributed by atoms with Crippen LogP contribution < -0.4 is 4.90 Å². The number of carbonyl (C=O) groups excluding carboxylic acids is 2. The summed E-state index contributed by atoms with van der Waals surface area (Å²) < 4.78 is 0. The van der Waals surface area contributed by atoms with Crippen LogP contribution in [-0.4, -0.2) is 33.3 Å². The summed E-state index contributed by atoms with van der Waals surface area (Å²) in [6.45, 7) is 4.05. The second kappa shape index (κ2) is 5.48. The molecule has 5 nitrogen and oxygen atoms in total. The number of aryl methyl sites for hydroxylation is 1. The summed E-state index contributed by atoms with van der Waals surface area (Å²) in [6, 6.07) is 0. The molecule has 1 aliphatic heterocycles. The first-order chi connectivity index (χ1) is 8.56. The van der Waals surface area contributed by atoms with Crippen molar-refractivity contribution in [1.82, 2.24) is 9.97 Å². The highest BCUT2D eigenvalue weighted by Gasteiger charge is 2.32. The molecule has 1 aliphatic rings. The molecule has 0 bridgehead atoms. The van der Waals surface area contributed by atoms with Gasteiger partial charge < -0.3 is 0 Å². The lowest BCUT2D eigenvalue weighted by Crippen LogP contribution is -2.26. The maximum atomic E-state index is 11.9. The zero-order chi connectivity index (χ0) is 13.1. The molecular weight excluding hydrogens is 250 g/mol. The molecule has 96 valence electrons. The molecule has 1 saturated heterocycles. The third-order valence-corrected chi connectivity index (χ3v) is 3.78. The van der Waals surface area contributed by atoms with Crippen molar-refractivity contribution in [1.29, 1.82) is 0 Å². The molecule has 1 fully saturated rings. The van der Waals surface area contributed by atoms with Crippen molar-refractivity contribution in [2.75, 3.05) is 17.2 Å². The SMILES string of the molecule is CC(=O)SCC1CC(=O)N(c2ncc(C)cn2)C1. The first-order valence-corrected chi connectivity index (χ1v) is 6.77. The molecule has 1 unspecified atom stereocenters. The molecule has 18 heavy (non-hydrogen) atoms. The molecule has 1 aromatic rings. The molecule has 2 heterocycles. The van der Waals surface area contributed by atoms with Gasteiger partial charge in [0.05, 0.1) is 0 Å². The molecule has 1 amide bonds. The standard InChI is InChI=1S/C12H15N3O2S/c1-8-4-13-12(14-5-8)15-6-10(3-11(15)17)7-18-9(2)16/h4-5,10H,3,6-7H2,1-2H3. The normalized spacial score (nSPS) is 19.3. The van der Waals surface area contributed by atoms with Gasteiger partial charge in [-0.05, 0) is 18.4 Å². The molecule has 2 rings (SSSR count). The lowest BCUT2D eigenvalue weighted by molar-refractivity contribution is -0.117. The van der Waals surface area contributed by atoms with E-state index in [2.05, 4.69) is 9.97 Å². The number of rotatable bonds is 3. The Hall–Kier alpha value is -1.43. The highest BCUT2D eigenvalue weighted by Crippen LogP contribution is 2.24. The van der Waals surface area contributed by atoms with E-state index >= 15 is 0 Å². The van der Waals surface area contributed by atoms with E-state index in [0.717, 1.165) is 5.56 Å². The fourth-order valence-electron chi connectivity index (χ4n) is 1.85. The van der Waals surface area contributed by atoms with Crippen LogP contribution in [0.5, 0.6) is 0 Å². The number of aromatic nitrogens is 2. The van der Waals surface area contributed by atoms with E-state index in [-0.39, 0.29) is 16.9 Å². The Labute approximate surface area is 110 Å². The van der Waals surface area contributed by atoms with E-state index in [0.29, 0.717) is 24.7 Å². The van der Waals surface area contributed by atoms with Gasteiger partial charge in [-0.15, -0.1) is 0 Å².